The lowest BCUT2D eigenvalue weighted by Crippen LogP contribution is -2.65. The fraction of sp³-hybridized carbons (Fsp3) is 0.911. The summed E-state index contributed by atoms with van der Waals surface area (Å²) in [5.41, 5.74) is 0. The number of allylic oxidation sites excluding steroid dienone is 4. The number of unbranched alkanes of at least 4 members (excludes halogenated alkanes) is 28. The van der Waals surface area contributed by atoms with Crippen LogP contribution >= 0.6 is 0 Å². The first-order valence-electron chi connectivity index (χ1n) is 28.6. The van der Waals surface area contributed by atoms with E-state index in [1.807, 2.05) is 0 Å². The van der Waals surface area contributed by atoms with Crippen LogP contribution in [0.25, 0.3) is 0 Å². The lowest BCUT2D eigenvalue weighted by molar-refractivity contribution is -0.359. The highest BCUT2D eigenvalue weighted by molar-refractivity contribution is 5.76. The number of ether oxygens (including phenoxy) is 4. The molecule has 2 heterocycles. The van der Waals surface area contributed by atoms with Gasteiger partial charge in [0, 0.05) is 6.42 Å². The highest BCUT2D eigenvalue weighted by atomic mass is 16.7. The van der Waals surface area contributed by atoms with Crippen LogP contribution in [0.2, 0.25) is 0 Å². The van der Waals surface area contributed by atoms with E-state index in [4.69, 9.17) is 18.9 Å². The number of amides is 1. The van der Waals surface area contributed by atoms with Gasteiger partial charge in [-0.15, -0.1) is 0 Å². The van der Waals surface area contributed by atoms with Crippen LogP contribution in [0.4, 0.5) is 0 Å². The number of aliphatic hydroxyl groups is 8. The van der Waals surface area contributed by atoms with Gasteiger partial charge in [-0.25, -0.2) is 0 Å². The van der Waals surface area contributed by atoms with Crippen LogP contribution in [-0.2, 0) is 23.7 Å². The fourth-order valence-electron chi connectivity index (χ4n) is 9.50. The number of carbonyl (C=O) groups excluding carboxylic acids is 1. The van der Waals surface area contributed by atoms with E-state index in [0.29, 0.717) is 12.8 Å². The third kappa shape index (κ3) is 28.8. The maximum Gasteiger partial charge on any atom is 0.220 e. The minimum Gasteiger partial charge on any atom is -0.394 e. The summed E-state index contributed by atoms with van der Waals surface area (Å²) in [5, 5.41) is 87.2. The molecule has 2 aliphatic rings. The number of hydrogen-bond acceptors (Lipinski definition) is 13. The van der Waals surface area contributed by atoms with Crippen LogP contribution in [0.15, 0.2) is 24.3 Å². The van der Waals surface area contributed by atoms with Gasteiger partial charge in [0.2, 0.25) is 5.91 Å². The summed E-state index contributed by atoms with van der Waals surface area (Å²) in [5.74, 6) is -0.210. The molecule has 412 valence electrons. The van der Waals surface area contributed by atoms with Gasteiger partial charge in [0.25, 0.3) is 0 Å². The minimum atomic E-state index is -1.78. The number of rotatable bonds is 45. The predicted octanol–water partition coefficient (Wildman–Crippen LogP) is 8.89. The Morgan fingerprint density at radius 2 is 0.943 bits per heavy atom. The van der Waals surface area contributed by atoms with Crippen LogP contribution in [0, 0.1) is 0 Å². The van der Waals surface area contributed by atoms with E-state index >= 15 is 0 Å². The summed E-state index contributed by atoms with van der Waals surface area (Å²) in [7, 11) is 0. The van der Waals surface area contributed by atoms with E-state index in [9.17, 15) is 45.6 Å². The molecule has 2 fully saturated rings. The van der Waals surface area contributed by atoms with Crippen molar-refractivity contribution < 1.29 is 64.6 Å². The molecule has 0 radical (unpaired) electrons. The third-order valence-electron chi connectivity index (χ3n) is 14.2. The van der Waals surface area contributed by atoms with Gasteiger partial charge in [-0.3, -0.25) is 4.79 Å². The van der Waals surface area contributed by atoms with Gasteiger partial charge in [-0.2, -0.15) is 0 Å². The zero-order valence-electron chi connectivity index (χ0n) is 44.0. The summed E-state index contributed by atoms with van der Waals surface area (Å²) in [6.07, 6.45) is 31.6. The predicted molar refractivity (Wildman–Crippen MR) is 277 cm³/mol. The molecule has 70 heavy (non-hydrogen) atoms. The molecule has 0 spiro atoms. The van der Waals surface area contributed by atoms with E-state index in [1.54, 1.807) is 0 Å². The molecule has 2 rings (SSSR count). The minimum absolute atomic E-state index is 0.210. The van der Waals surface area contributed by atoms with Gasteiger partial charge in [0.1, 0.15) is 48.8 Å². The van der Waals surface area contributed by atoms with E-state index in [2.05, 4.69) is 43.5 Å². The van der Waals surface area contributed by atoms with Crippen LogP contribution in [0.1, 0.15) is 232 Å². The van der Waals surface area contributed by atoms with Gasteiger partial charge in [0.05, 0.1) is 32.0 Å². The maximum absolute atomic E-state index is 13.2. The highest BCUT2D eigenvalue weighted by Crippen LogP contribution is 2.30. The van der Waals surface area contributed by atoms with Crippen molar-refractivity contribution in [3.8, 4) is 0 Å². The molecule has 0 bridgehead atoms. The average molecular weight is 1000 g/mol. The van der Waals surface area contributed by atoms with Crippen molar-refractivity contribution in [1.29, 1.82) is 0 Å². The SMILES string of the molecule is CCCCC/C=C\C/C=C\CCCCCCCCCCCC(=O)NC(COC1OC(CO)C(OC2OC(CO)C(O)C(O)C2O)C(O)C1O)C(O)CCCCCCCCCCCCCCCCCCC. The lowest BCUT2D eigenvalue weighted by atomic mass is 9.97. The molecule has 0 aromatic carbocycles. The largest absolute Gasteiger partial charge is 0.394 e. The second-order valence-electron chi connectivity index (χ2n) is 20.4. The standard InChI is InChI=1S/C56H105NO13/c1-3-5-7-9-11-13-15-17-19-21-22-24-26-28-30-32-34-36-38-40-48(61)57-44(45(60)39-37-35-33-31-29-27-25-23-20-18-16-14-12-10-8-6-4-2)43-67-55-53(66)51(64)54(47(42-59)69-55)70-56-52(65)50(63)49(62)46(41-58)68-56/h11,13,17,19,44-47,49-56,58-60,62-66H,3-10,12,14-16,18,20-43H2,1-2H3,(H,57,61)/b13-11-,19-17-. The molecule has 2 saturated heterocycles. The van der Waals surface area contributed by atoms with Crippen molar-refractivity contribution in [2.45, 2.75) is 306 Å². The number of nitrogens with one attached hydrogen (secondary N) is 1. The molecule has 2 aliphatic heterocycles. The number of carbonyl (C=O) groups is 1. The van der Waals surface area contributed by atoms with Crippen molar-refractivity contribution in [2.75, 3.05) is 19.8 Å². The number of aliphatic hydroxyl groups excluding tert-OH is 8. The molecule has 0 aromatic rings. The van der Waals surface area contributed by atoms with Crippen molar-refractivity contribution >= 4 is 5.91 Å². The molecule has 0 aromatic heterocycles. The van der Waals surface area contributed by atoms with Gasteiger partial charge in [0.15, 0.2) is 12.6 Å². The number of hydrogen-bond donors (Lipinski definition) is 9. The topological polar surface area (TPSA) is 228 Å². The van der Waals surface area contributed by atoms with Gasteiger partial charge in [-0.1, -0.05) is 205 Å². The van der Waals surface area contributed by atoms with Crippen molar-refractivity contribution in [2.24, 2.45) is 0 Å². The van der Waals surface area contributed by atoms with Crippen molar-refractivity contribution in [3.63, 3.8) is 0 Å². The maximum atomic E-state index is 13.2. The Labute approximate surface area is 424 Å². The Balaban J connectivity index is 1.78. The molecule has 0 aliphatic carbocycles. The Kier molecular flexibility index (Phi) is 39.5. The van der Waals surface area contributed by atoms with Gasteiger partial charge in [-0.05, 0) is 44.9 Å². The van der Waals surface area contributed by atoms with E-state index in [0.717, 1.165) is 64.2 Å². The molecular formula is C56H105NO13. The van der Waals surface area contributed by atoms with Crippen LogP contribution in [-0.4, -0.2) is 140 Å². The zero-order valence-corrected chi connectivity index (χ0v) is 44.0. The van der Waals surface area contributed by atoms with Crippen LogP contribution in [0.5, 0.6) is 0 Å². The quantitative estimate of drug-likeness (QED) is 0.0205. The second kappa shape index (κ2) is 42.8. The normalized spacial score (nSPS) is 26.1. The summed E-state index contributed by atoms with van der Waals surface area (Å²) in [4.78, 5) is 13.2. The molecule has 1 amide bonds. The first-order chi connectivity index (χ1) is 34.1. The smallest absolute Gasteiger partial charge is 0.220 e. The Hall–Kier alpha value is -1.53. The van der Waals surface area contributed by atoms with Crippen LogP contribution < -0.4 is 5.32 Å². The molecule has 12 unspecified atom stereocenters. The molecule has 12 atom stereocenters. The lowest BCUT2D eigenvalue weighted by Gasteiger charge is -2.46. The molecule has 0 saturated carbocycles. The Morgan fingerprint density at radius 3 is 1.46 bits per heavy atom. The van der Waals surface area contributed by atoms with E-state index in [1.165, 1.54) is 141 Å². The van der Waals surface area contributed by atoms with E-state index < -0.39 is 86.8 Å². The summed E-state index contributed by atoms with van der Waals surface area (Å²) < 4.78 is 22.8. The van der Waals surface area contributed by atoms with Crippen molar-refractivity contribution in [1.82, 2.24) is 5.32 Å². The highest BCUT2D eigenvalue weighted by Gasteiger charge is 2.51. The summed E-state index contributed by atoms with van der Waals surface area (Å²) in [6.45, 7) is 2.85. The average Bonchev–Trinajstić information content (AvgIpc) is 3.36. The Bertz CT molecular complexity index is 1270. The zero-order chi connectivity index (χ0) is 51.0. The second-order valence-corrected chi connectivity index (χ2v) is 20.4. The first kappa shape index (κ1) is 64.6. The molecule has 9 N–H and O–H groups in total. The monoisotopic (exact) mass is 1000 g/mol. The Morgan fingerprint density at radius 1 is 0.514 bits per heavy atom. The molecule has 14 heteroatoms. The van der Waals surface area contributed by atoms with Crippen LogP contribution in [0.3, 0.4) is 0 Å². The van der Waals surface area contributed by atoms with Gasteiger partial charge < -0.3 is 65.1 Å². The fourth-order valence-corrected chi connectivity index (χ4v) is 9.50. The summed E-state index contributed by atoms with van der Waals surface area (Å²) in [6, 6.07) is -0.829. The van der Waals surface area contributed by atoms with Gasteiger partial charge >= 0.3 is 0 Å². The van der Waals surface area contributed by atoms with Crippen molar-refractivity contribution in [3.05, 3.63) is 24.3 Å². The molecular weight excluding hydrogens is 895 g/mol. The molecule has 14 nitrogen and oxygen atoms in total. The first-order valence-corrected chi connectivity index (χ1v) is 28.6. The van der Waals surface area contributed by atoms with E-state index in [-0.39, 0.29) is 12.5 Å². The third-order valence-corrected chi connectivity index (χ3v) is 14.2. The summed E-state index contributed by atoms with van der Waals surface area (Å²) >= 11 is 0.